The summed E-state index contributed by atoms with van der Waals surface area (Å²) in [6, 6.07) is 15.1. The minimum absolute atomic E-state index is 0.0678. The molecular weight excluding hydrogens is 358 g/mol. The van der Waals surface area contributed by atoms with Gasteiger partial charge in [-0.1, -0.05) is 48.5 Å². The Kier molecular flexibility index (Phi) is 3.68. The zero-order chi connectivity index (χ0) is 19.3. The van der Waals surface area contributed by atoms with Gasteiger partial charge >= 0.3 is 12.1 Å². The third-order valence-corrected chi connectivity index (χ3v) is 5.49. The Labute approximate surface area is 160 Å². The number of aromatic amines is 1. The molecule has 0 fully saturated rings. The van der Waals surface area contributed by atoms with Gasteiger partial charge in [0, 0.05) is 11.5 Å². The fourth-order valence-electron chi connectivity index (χ4n) is 4.23. The van der Waals surface area contributed by atoms with E-state index in [1.165, 1.54) is 11.1 Å². The lowest BCUT2D eigenvalue weighted by molar-refractivity contribution is -0.142. The summed E-state index contributed by atoms with van der Waals surface area (Å²) in [4.78, 5) is 25.6. The molecule has 1 aromatic heterocycles. The second-order valence-corrected chi connectivity index (χ2v) is 6.98. The van der Waals surface area contributed by atoms with Crippen molar-refractivity contribution in [3.8, 4) is 11.1 Å². The average molecular weight is 375 g/mol. The predicted octanol–water partition coefficient (Wildman–Crippen LogP) is 3.30. The second-order valence-electron chi connectivity index (χ2n) is 6.98. The SMILES string of the molecule is O=C(O)C1c2cn[nH]c2CN1C(=O)OCC1c2ccccc2-c2ccccc21. The zero-order valence-electron chi connectivity index (χ0n) is 14.8. The lowest BCUT2D eigenvalue weighted by Crippen LogP contribution is -2.35. The van der Waals surface area contributed by atoms with Crippen molar-refractivity contribution in [1.82, 2.24) is 15.1 Å². The van der Waals surface area contributed by atoms with Crippen LogP contribution in [0.1, 0.15) is 34.3 Å². The predicted molar refractivity (Wildman–Crippen MR) is 99.6 cm³/mol. The van der Waals surface area contributed by atoms with Gasteiger partial charge in [-0.15, -0.1) is 0 Å². The Hall–Kier alpha value is -3.61. The number of hydrogen-bond donors (Lipinski definition) is 2. The molecule has 7 nitrogen and oxygen atoms in total. The van der Waals surface area contributed by atoms with Crippen LogP contribution >= 0.6 is 0 Å². The Balaban J connectivity index is 1.38. The first-order valence-electron chi connectivity index (χ1n) is 9.01. The first-order chi connectivity index (χ1) is 13.6. The molecular formula is C21H17N3O4. The summed E-state index contributed by atoms with van der Waals surface area (Å²) in [5.74, 6) is -1.17. The molecule has 1 atom stereocenters. The molecule has 0 spiro atoms. The van der Waals surface area contributed by atoms with Gasteiger partial charge < -0.3 is 9.84 Å². The minimum atomic E-state index is -1.10. The number of carboxylic acids is 1. The van der Waals surface area contributed by atoms with Gasteiger partial charge in [-0.05, 0) is 22.3 Å². The van der Waals surface area contributed by atoms with Crippen LogP contribution in [0.4, 0.5) is 4.79 Å². The molecule has 0 bridgehead atoms. The Morgan fingerprint density at radius 2 is 1.71 bits per heavy atom. The van der Waals surface area contributed by atoms with Crippen molar-refractivity contribution in [2.45, 2.75) is 18.5 Å². The highest BCUT2D eigenvalue weighted by molar-refractivity contribution is 5.83. The van der Waals surface area contributed by atoms with Crippen molar-refractivity contribution in [3.05, 3.63) is 77.1 Å². The fourth-order valence-corrected chi connectivity index (χ4v) is 4.23. The van der Waals surface area contributed by atoms with Gasteiger partial charge in [-0.25, -0.2) is 9.59 Å². The Bertz CT molecular complexity index is 1050. The number of aromatic nitrogens is 2. The largest absolute Gasteiger partial charge is 0.479 e. The molecule has 2 aliphatic rings. The zero-order valence-corrected chi connectivity index (χ0v) is 14.8. The molecule has 0 saturated heterocycles. The highest BCUT2D eigenvalue weighted by atomic mass is 16.6. The average Bonchev–Trinajstić information content (AvgIpc) is 3.37. The van der Waals surface area contributed by atoms with Crippen LogP contribution in [0.25, 0.3) is 11.1 Å². The third kappa shape index (κ3) is 2.40. The highest BCUT2D eigenvalue weighted by Gasteiger charge is 2.41. The molecule has 5 rings (SSSR count). The number of H-pyrrole nitrogens is 1. The van der Waals surface area contributed by atoms with Crippen LogP contribution in [-0.4, -0.2) is 38.9 Å². The van der Waals surface area contributed by atoms with E-state index in [4.69, 9.17) is 4.74 Å². The number of nitrogens with zero attached hydrogens (tertiary/aromatic N) is 2. The van der Waals surface area contributed by atoms with Crippen molar-refractivity contribution < 1.29 is 19.4 Å². The first kappa shape index (κ1) is 16.6. The fraction of sp³-hybridized carbons (Fsp3) is 0.190. The number of benzene rings is 2. The summed E-state index contributed by atoms with van der Waals surface area (Å²) < 4.78 is 5.59. The molecule has 28 heavy (non-hydrogen) atoms. The van der Waals surface area contributed by atoms with E-state index in [1.54, 1.807) is 0 Å². The first-order valence-corrected chi connectivity index (χ1v) is 9.01. The highest BCUT2D eigenvalue weighted by Crippen LogP contribution is 2.44. The number of hydrogen-bond acceptors (Lipinski definition) is 4. The number of amides is 1. The number of carbonyl (C=O) groups is 2. The van der Waals surface area contributed by atoms with Crippen molar-refractivity contribution >= 4 is 12.1 Å². The number of nitrogens with one attached hydrogen (secondary N) is 1. The summed E-state index contributed by atoms with van der Waals surface area (Å²) in [5.41, 5.74) is 5.64. The van der Waals surface area contributed by atoms with Crippen molar-refractivity contribution in [3.63, 3.8) is 0 Å². The van der Waals surface area contributed by atoms with Crippen molar-refractivity contribution in [2.75, 3.05) is 6.61 Å². The molecule has 0 saturated carbocycles. The second kappa shape index (κ2) is 6.23. The van der Waals surface area contributed by atoms with Gasteiger partial charge in [-0.2, -0.15) is 5.10 Å². The van der Waals surface area contributed by atoms with Crippen LogP contribution in [0, 0.1) is 0 Å². The molecule has 1 amide bonds. The lowest BCUT2D eigenvalue weighted by Gasteiger charge is -2.22. The maximum Gasteiger partial charge on any atom is 0.411 e. The van der Waals surface area contributed by atoms with Gasteiger partial charge in [0.15, 0.2) is 6.04 Å². The lowest BCUT2D eigenvalue weighted by atomic mass is 9.98. The maximum atomic E-state index is 12.7. The number of carbonyl (C=O) groups excluding carboxylic acids is 1. The minimum Gasteiger partial charge on any atom is -0.479 e. The van der Waals surface area contributed by atoms with Gasteiger partial charge in [0.2, 0.25) is 0 Å². The van der Waals surface area contributed by atoms with Crippen LogP contribution in [0.2, 0.25) is 0 Å². The Morgan fingerprint density at radius 3 is 2.36 bits per heavy atom. The van der Waals surface area contributed by atoms with Crippen LogP contribution in [0.5, 0.6) is 0 Å². The summed E-state index contributed by atoms with van der Waals surface area (Å²) in [7, 11) is 0. The van der Waals surface area contributed by atoms with Gasteiger partial charge in [0.1, 0.15) is 6.61 Å². The standard InChI is InChI=1S/C21H17N3O4/c25-20(26)19-16-9-22-23-18(16)10-24(19)21(27)28-11-17-14-7-3-1-5-12(14)13-6-2-4-8-15(13)17/h1-9,17,19H,10-11H2,(H,22,23)(H,25,26). The summed E-state index contributed by atoms with van der Waals surface area (Å²) in [5, 5.41) is 16.2. The molecule has 0 radical (unpaired) electrons. The number of ether oxygens (including phenoxy) is 1. The van der Waals surface area contributed by atoms with E-state index in [1.807, 2.05) is 36.4 Å². The van der Waals surface area contributed by atoms with E-state index in [9.17, 15) is 14.7 Å². The summed E-state index contributed by atoms with van der Waals surface area (Å²) >= 11 is 0. The molecule has 3 aromatic rings. The van der Waals surface area contributed by atoms with Crippen LogP contribution in [0.3, 0.4) is 0 Å². The van der Waals surface area contributed by atoms with E-state index in [2.05, 4.69) is 22.3 Å². The molecule has 1 unspecified atom stereocenters. The number of rotatable bonds is 3. The van der Waals surface area contributed by atoms with Crippen molar-refractivity contribution in [2.24, 2.45) is 0 Å². The monoisotopic (exact) mass is 375 g/mol. The van der Waals surface area contributed by atoms with Crippen molar-refractivity contribution in [1.29, 1.82) is 0 Å². The van der Waals surface area contributed by atoms with E-state index in [0.29, 0.717) is 11.3 Å². The summed E-state index contributed by atoms with van der Waals surface area (Å²) in [6.07, 6.45) is 0.809. The summed E-state index contributed by atoms with van der Waals surface area (Å²) in [6.45, 7) is 0.296. The number of carboxylic acid groups (broad SMARTS) is 1. The molecule has 2 N–H and O–H groups in total. The van der Waals surface area contributed by atoms with Crippen LogP contribution < -0.4 is 0 Å². The van der Waals surface area contributed by atoms with E-state index in [-0.39, 0.29) is 19.1 Å². The number of aliphatic carboxylic acids is 1. The van der Waals surface area contributed by atoms with E-state index >= 15 is 0 Å². The van der Waals surface area contributed by atoms with Crippen LogP contribution in [-0.2, 0) is 16.1 Å². The topological polar surface area (TPSA) is 95.5 Å². The third-order valence-electron chi connectivity index (χ3n) is 5.49. The molecule has 7 heteroatoms. The molecule has 2 heterocycles. The Morgan fingerprint density at radius 1 is 1.07 bits per heavy atom. The van der Waals surface area contributed by atoms with E-state index in [0.717, 1.165) is 22.3 Å². The molecule has 1 aliphatic heterocycles. The van der Waals surface area contributed by atoms with E-state index < -0.39 is 18.1 Å². The molecule has 140 valence electrons. The van der Waals surface area contributed by atoms with Crippen LogP contribution in [0.15, 0.2) is 54.7 Å². The smallest absolute Gasteiger partial charge is 0.411 e. The van der Waals surface area contributed by atoms with Gasteiger partial charge in [-0.3, -0.25) is 10.00 Å². The maximum absolute atomic E-state index is 12.7. The number of fused-ring (bicyclic) bond motifs is 4. The van der Waals surface area contributed by atoms with Gasteiger partial charge in [0.05, 0.1) is 18.4 Å². The molecule has 2 aromatic carbocycles. The molecule has 1 aliphatic carbocycles. The quantitative estimate of drug-likeness (QED) is 0.732. The van der Waals surface area contributed by atoms with Gasteiger partial charge in [0.25, 0.3) is 0 Å². The normalized spacial score (nSPS) is 17.1.